The molecule has 0 radical (unpaired) electrons. The fraction of sp³-hybridized carbons (Fsp3) is 0.0909. The number of fused-ring (bicyclic) bond motifs is 1. The van der Waals surface area contributed by atoms with E-state index in [0.29, 0.717) is 11.4 Å². The lowest BCUT2D eigenvalue weighted by molar-refractivity contribution is -0.384. The molecule has 7 nitrogen and oxygen atoms in total. The lowest BCUT2D eigenvalue weighted by Gasteiger charge is -2.07. The zero-order valence-electron chi connectivity index (χ0n) is 15.9. The molecule has 3 aromatic carbocycles. The molecule has 0 aliphatic carbocycles. The summed E-state index contributed by atoms with van der Waals surface area (Å²) in [5.41, 5.74) is 4.45. The maximum absolute atomic E-state index is 12.3. The van der Waals surface area contributed by atoms with Gasteiger partial charge in [-0.3, -0.25) is 14.9 Å². The SMILES string of the molecule is O=C(CSCc1ccc([N+](=O)[O-])cc1)Nc1cccc(-c2nc3ccccc3[nH]2)c1. The highest BCUT2D eigenvalue weighted by Gasteiger charge is 2.08. The number of anilines is 1. The number of H-pyrrole nitrogens is 1. The zero-order valence-corrected chi connectivity index (χ0v) is 16.7. The van der Waals surface area contributed by atoms with Crippen LogP contribution < -0.4 is 5.32 Å². The molecule has 0 fully saturated rings. The summed E-state index contributed by atoms with van der Waals surface area (Å²) in [6, 6.07) is 21.7. The van der Waals surface area contributed by atoms with E-state index in [1.807, 2.05) is 48.5 Å². The molecule has 1 aromatic heterocycles. The largest absolute Gasteiger partial charge is 0.338 e. The summed E-state index contributed by atoms with van der Waals surface area (Å²) in [5.74, 6) is 1.53. The van der Waals surface area contributed by atoms with Crippen molar-refractivity contribution in [3.63, 3.8) is 0 Å². The molecule has 4 aromatic rings. The second kappa shape index (κ2) is 8.79. The smallest absolute Gasteiger partial charge is 0.269 e. The molecule has 2 N–H and O–H groups in total. The normalized spacial score (nSPS) is 10.8. The van der Waals surface area contributed by atoms with Crippen molar-refractivity contribution >= 4 is 40.1 Å². The summed E-state index contributed by atoms with van der Waals surface area (Å²) in [5, 5.41) is 13.6. The van der Waals surface area contributed by atoms with Crippen molar-refractivity contribution in [3.05, 3.63) is 88.5 Å². The lowest BCUT2D eigenvalue weighted by atomic mass is 10.2. The fourth-order valence-corrected chi connectivity index (χ4v) is 3.79. The number of nitrogens with one attached hydrogen (secondary N) is 2. The third kappa shape index (κ3) is 4.66. The van der Waals surface area contributed by atoms with E-state index in [9.17, 15) is 14.9 Å². The molecule has 150 valence electrons. The van der Waals surface area contributed by atoms with E-state index >= 15 is 0 Å². The highest BCUT2D eigenvalue weighted by atomic mass is 32.2. The van der Waals surface area contributed by atoms with Crippen molar-refractivity contribution in [3.8, 4) is 11.4 Å². The molecule has 0 aliphatic heterocycles. The molecule has 0 unspecified atom stereocenters. The molecule has 0 saturated heterocycles. The number of benzene rings is 3. The molecule has 30 heavy (non-hydrogen) atoms. The fourth-order valence-electron chi connectivity index (χ4n) is 3.01. The van der Waals surface area contributed by atoms with Gasteiger partial charge in [-0.15, -0.1) is 11.8 Å². The number of nitro benzene ring substituents is 1. The maximum Gasteiger partial charge on any atom is 0.269 e. The van der Waals surface area contributed by atoms with E-state index in [1.165, 1.54) is 23.9 Å². The number of aromatic nitrogens is 2. The van der Waals surface area contributed by atoms with Crippen molar-refractivity contribution in [1.29, 1.82) is 0 Å². The molecule has 4 rings (SSSR count). The molecule has 0 aliphatic rings. The van der Waals surface area contributed by atoms with Crippen molar-refractivity contribution < 1.29 is 9.72 Å². The van der Waals surface area contributed by atoms with Crippen LogP contribution >= 0.6 is 11.8 Å². The Morgan fingerprint density at radius 2 is 1.87 bits per heavy atom. The van der Waals surface area contributed by atoms with E-state index in [4.69, 9.17) is 0 Å². The molecule has 8 heteroatoms. The van der Waals surface area contributed by atoms with Crippen LogP contribution in [-0.2, 0) is 10.5 Å². The van der Waals surface area contributed by atoms with Gasteiger partial charge in [-0.25, -0.2) is 4.98 Å². The standard InChI is InChI=1S/C22H18N4O3S/c27-21(14-30-13-15-8-10-18(11-9-15)26(28)29)23-17-5-3-4-16(12-17)22-24-19-6-1-2-7-20(19)25-22/h1-12H,13-14H2,(H,23,27)(H,24,25). The summed E-state index contributed by atoms with van der Waals surface area (Å²) in [6.07, 6.45) is 0. The van der Waals surface area contributed by atoms with Gasteiger partial charge in [0.05, 0.1) is 21.7 Å². The number of nitrogens with zero attached hydrogens (tertiary/aromatic N) is 2. The number of rotatable bonds is 7. The van der Waals surface area contributed by atoms with E-state index < -0.39 is 4.92 Å². The van der Waals surface area contributed by atoms with Gasteiger partial charge in [0.1, 0.15) is 5.82 Å². The Balaban J connectivity index is 1.34. The lowest BCUT2D eigenvalue weighted by Crippen LogP contribution is -2.14. The topological polar surface area (TPSA) is 101 Å². The van der Waals surface area contributed by atoms with Gasteiger partial charge in [0.25, 0.3) is 5.69 Å². The molecule has 1 heterocycles. The third-order valence-corrected chi connectivity index (χ3v) is 5.46. The van der Waals surface area contributed by atoms with Crippen LogP contribution in [-0.4, -0.2) is 26.6 Å². The predicted molar refractivity (Wildman–Crippen MR) is 119 cm³/mol. The van der Waals surface area contributed by atoms with Crippen LogP contribution in [0.4, 0.5) is 11.4 Å². The van der Waals surface area contributed by atoms with Gasteiger partial charge in [-0.05, 0) is 29.8 Å². The summed E-state index contributed by atoms with van der Waals surface area (Å²) in [4.78, 5) is 30.4. The minimum absolute atomic E-state index is 0.0610. The molecular weight excluding hydrogens is 400 g/mol. The Labute approximate surface area is 176 Å². The Kier molecular flexibility index (Phi) is 5.76. The number of amides is 1. The number of aromatic amines is 1. The average Bonchev–Trinajstić information content (AvgIpc) is 3.19. The van der Waals surface area contributed by atoms with Crippen LogP contribution in [0.15, 0.2) is 72.8 Å². The molecule has 0 atom stereocenters. The maximum atomic E-state index is 12.3. The van der Waals surface area contributed by atoms with Crippen LogP contribution in [0.25, 0.3) is 22.4 Å². The number of hydrogen-bond acceptors (Lipinski definition) is 5. The van der Waals surface area contributed by atoms with Gasteiger partial charge < -0.3 is 10.3 Å². The van der Waals surface area contributed by atoms with E-state index in [2.05, 4.69) is 15.3 Å². The van der Waals surface area contributed by atoms with Gasteiger partial charge in [-0.2, -0.15) is 0 Å². The number of non-ortho nitro benzene ring substituents is 1. The first-order chi connectivity index (χ1) is 14.6. The second-order valence-electron chi connectivity index (χ2n) is 6.65. The molecule has 1 amide bonds. The minimum Gasteiger partial charge on any atom is -0.338 e. The number of carbonyl (C=O) groups excluding carboxylic acids is 1. The van der Waals surface area contributed by atoms with Crippen molar-refractivity contribution in [2.45, 2.75) is 5.75 Å². The number of imidazole rings is 1. The number of para-hydroxylation sites is 2. The van der Waals surface area contributed by atoms with Gasteiger partial charge >= 0.3 is 0 Å². The highest BCUT2D eigenvalue weighted by Crippen LogP contribution is 2.23. The predicted octanol–water partition coefficient (Wildman–Crippen LogP) is 5.01. The molecule has 0 spiro atoms. The number of carbonyl (C=O) groups is 1. The Bertz CT molecular complexity index is 1170. The van der Waals surface area contributed by atoms with Crippen molar-refractivity contribution in [1.82, 2.24) is 9.97 Å². The Morgan fingerprint density at radius 3 is 2.63 bits per heavy atom. The monoisotopic (exact) mass is 418 g/mol. The minimum atomic E-state index is -0.427. The number of hydrogen-bond donors (Lipinski definition) is 2. The van der Waals surface area contributed by atoms with Crippen molar-refractivity contribution in [2.75, 3.05) is 11.1 Å². The number of nitro groups is 1. The van der Waals surface area contributed by atoms with Gasteiger partial charge in [0, 0.05) is 29.1 Å². The van der Waals surface area contributed by atoms with Gasteiger partial charge in [-0.1, -0.05) is 36.4 Å². The van der Waals surface area contributed by atoms with Crippen molar-refractivity contribution in [2.24, 2.45) is 0 Å². The summed E-state index contributed by atoms with van der Waals surface area (Å²) < 4.78 is 0. The van der Waals surface area contributed by atoms with Crippen LogP contribution in [0.1, 0.15) is 5.56 Å². The van der Waals surface area contributed by atoms with E-state index in [-0.39, 0.29) is 17.3 Å². The Morgan fingerprint density at radius 1 is 1.07 bits per heavy atom. The van der Waals surface area contributed by atoms with Crippen LogP contribution in [0.5, 0.6) is 0 Å². The summed E-state index contributed by atoms with van der Waals surface area (Å²) >= 11 is 1.45. The summed E-state index contributed by atoms with van der Waals surface area (Å²) in [7, 11) is 0. The van der Waals surface area contributed by atoms with Gasteiger partial charge in [0.2, 0.25) is 5.91 Å². The Hall–Kier alpha value is -3.65. The summed E-state index contributed by atoms with van der Waals surface area (Å²) in [6.45, 7) is 0. The molecule has 0 saturated carbocycles. The first kappa shape index (κ1) is 19.7. The van der Waals surface area contributed by atoms with E-state index in [1.54, 1.807) is 12.1 Å². The van der Waals surface area contributed by atoms with Gasteiger partial charge in [0.15, 0.2) is 0 Å². The quantitative estimate of drug-likeness (QED) is 0.324. The first-order valence-corrected chi connectivity index (χ1v) is 10.4. The molecular formula is C22H18N4O3S. The number of thioether (sulfide) groups is 1. The second-order valence-corrected chi connectivity index (χ2v) is 7.63. The zero-order chi connectivity index (χ0) is 20.9. The third-order valence-electron chi connectivity index (χ3n) is 4.46. The highest BCUT2D eigenvalue weighted by molar-refractivity contribution is 7.99. The van der Waals surface area contributed by atoms with E-state index in [0.717, 1.165) is 28.0 Å². The van der Waals surface area contributed by atoms with Crippen LogP contribution in [0.3, 0.4) is 0 Å². The first-order valence-electron chi connectivity index (χ1n) is 9.24. The van der Waals surface area contributed by atoms with Crippen LogP contribution in [0.2, 0.25) is 0 Å². The average molecular weight is 418 g/mol. The molecule has 0 bridgehead atoms. The van der Waals surface area contributed by atoms with Crippen LogP contribution in [0, 0.1) is 10.1 Å².